The normalized spacial score (nSPS) is 49.8. The van der Waals surface area contributed by atoms with E-state index < -0.39 is 158 Å². The van der Waals surface area contributed by atoms with Crippen LogP contribution in [0.3, 0.4) is 0 Å². The van der Waals surface area contributed by atoms with Crippen molar-refractivity contribution in [3.8, 4) is 0 Å². The molecule has 8 fully saturated rings. The fourth-order valence-electron chi connectivity index (χ4n) is 17.4. The molecule has 19 unspecified atom stereocenters. The monoisotopic (exact) mass is 900 g/mol. The van der Waals surface area contributed by atoms with Gasteiger partial charge in [-0.25, -0.2) is 0 Å². The Bertz CT molecular complexity index is 2030. The number of carbonyl (C=O) groups excluding carboxylic acids is 7. The van der Waals surface area contributed by atoms with Gasteiger partial charge in [-0.15, -0.1) is 0 Å². The summed E-state index contributed by atoms with van der Waals surface area (Å²) in [6, 6.07) is 0. The molecule has 3 spiro atoms. The van der Waals surface area contributed by atoms with Crippen molar-refractivity contribution in [2.24, 2.45) is 68.0 Å². The highest BCUT2D eigenvalue weighted by Crippen LogP contribution is 2.75. The first kappa shape index (κ1) is 47.0. The predicted octanol–water partition coefficient (Wildman–Crippen LogP) is 3.32. The Balaban J connectivity index is 1.27. The molecule has 7 aliphatic carbocycles. The van der Waals surface area contributed by atoms with E-state index >= 15 is 9.59 Å². The van der Waals surface area contributed by atoms with Crippen molar-refractivity contribution < 1.29 is 77.7 Å². The third-order valence-corrected chi connectivity index (χ3v) is 19.0. The van der Waals surface area contributed by atoms with E-state index in [1.54, 1.807) is 13.8 Å². The molecule has 1 aliphatic heterocycles. The van der Waals surface area contributed by atoms with Crippen molar-refractivity contribution in [1.82, 2.24) is 0 Å². The number of rotatable bonds is 4. The minimum atomic E-state index is -1.97. The second kappa shape index (κ2) is 15.0. The van der Waals surface area contributed by atoms with Gasteiger partial charge in [-0.2, -0.15) is 0 Å². The SMILES string of the molecule is CC(=O)OC1CC2CC3(CC(O)C4C(C)(C)C(OC(C)=O)CC(O)C4(C)C13)C(=O)OC1(CCC2=O)C(=O)C23CC(O)C4C(C)(C)C(OC(C)=O)CC(O)C4(C)C2C(OC(C)=O)CC1C3. The number of fused-ring (bicyclic) bond motifs is 7. The van der Waals surface area contributed by atoms with E-state index in [0.29, 0.717) is 0 Å². The number of aliphatic hydroxyl groups excluding tert-OH is 4. The van der Waals surface area contributed by atoms with Crippen LogP contribution in [0.4, 0.5) is 0 Å². The summed E-state index contributed by atoms with van der Waals surface area (Å²) in [4.78, 5) is 97.3. The minimum absolute atomic E-state index is 0.0148. The summed E-state index contributed by atoms with van der Waals surface area (Å²) in [5.74, 6) is -9.26. The molecule has 64 heavy (non-hydrogen) atoms. The van der Waals surface area contributed by atoms with Crippen molar-refractivity contribution in [3.63, 3.8) is 0 Å². The summed E-state index contributed by atoms with van der Waals surface area (Å²) in [5, 5.41) is 49.5. The van der Waals surface area contributed by atoms with Crippen LogP contribution in [-0.2, 0) is 57.2 Å². The van der Waals surface area contributed by atoms with Crippen LogP contribution in [0.5, 0.6) is 0 Å². The summed E-state index contributed by atoms with van der Waals surface area (Å²) in [6.45, 7) is 15.9. The average Bonchev–Trinajstić information content (AvgIpc) is 3.32. The topological polar surface area (TPSA) is 247 Å². The lowest BCUT2D eigenvalue weighted by Crippen LogP contribution is -2.73. The summed E-state index contributed by atoms with van der Waals surface area (Å²) in [6.07, 6.45) is -9.63. The molecular formula is C48H68O16. The van der Waals surface area contributed by atoms with Crippen molar-refractivity contribution in [1.29, 1.82) is 0 Å². The van der Waals surface area contributed by atoms with Crippen LogP contribution >= 0.6 is 0 Å². The summed E-state index contributed by atoms with van der Waals surface area (Å²) in [5.41, 5.74) is -9.84. The number of aliphatic hydroxyl groups is 4. The van der Waals surface area contributed by atoms with Gasteiger partial charge < -0.3 is 44.1 Å². The van der Waals surface area contributed by atoms with Crippen LogP contribution in [0.1, 0.15) is 133 Å². The van der Waals surface area contributed by atoms with Gasteiger partial charge in [-0.05, 0) is 38.5 Å². The first-order chi connectivity index (χ1) is 29.5. The van der Waals surface area contributed by atoms with Gasteiger partial charge in [0.1, 0.15) is 30.2 Å². The van der Waals surface area contributed by atoms with Gasteiger partial charge in [0.25, 0.3) is 0 Å². The number of hydrogen-bond donors (Lipinski definition) is 4. The maximum atomic E-state index is 16.1. The zero-order chi connectivity index (χ0) is 47.2. The van der Waals surface area contributed by atoms with Gasteiger partial charge in [0, 0.05) is 116 Å². The average molecular weight is 901 g/mol. The highest BCUT2D eigenvalue weighted by atomic mass is 16.6. The van der Waals surface area contributed by atoms with E-state index in [9.17, 15) is 44.4 Å². The highest BCUT2D eigenvalue weighted by molar-refractivity contribution is 6.00. The van der Waals surface area contributed by atoms with E-state index in [0.717, 1.165) is 0 Å². The van der Waals surface area contributed by atoms with Gasteiger partial charge >= 0.3 is 29.8 Å². The second-order valence-electron chi connectivity index (χ2n) is 23.0. The number of hydrogen-bond acceptors (Lipinski definition) is 16. The van der Waals surface area contributed by atoms with Crippen LogP contribution in [0.2, 0.25) is 0 Å². The smallest absolute Gasteiger partial charge is 0.313 e. The van der Waals surface area contributed by atoms with Crippen LogP contribution in [0, 0.1) is 68.0 Å². The molecule has 0 amide bonds. The molecule has 356 valence electrons. The van der Waals surface area contributed by atoms with Crippen molar-refractivity contribution >= 4 is 41.4 Å². The van der Waals surface area contributed by atoms with Crippen molar-refractivity contribution in [2.75, 3.05) is 0 Å². The number of esters is 5. The minimum Gasteiger partial charge on any atom is -0.462 e. The highest BCUT2D eigenvalue weighted by Gasteiger charge is 2.81. The molecular weight excluding hydrogens is 833 g/mol. The molecule has 0 aromatic heterocycles. The Morgan fingerprint density at radius 2 is 1.00 bits per heavy atom. The second-order valence-corrected chi connectivity index (χ2v) is 23.0. The number of ketones is 2. The molecule has 16 heteroatoms. The van der Waals surface area contributed by atoms with Crippen LogP contribution in [0.25, 0.3) is 0 Å². The molecule has 16 nitrogen and oxygen atoms in total. The molecule has 0 aromatic carbocycles. The fourth-order valence-corrected chi connectivity index (χ4v) is 17.4. The zero-order valence-electron chi connectivity index (χ0n) is 38.8. The van der Waals surface area contributed by atoms with Crippen LogP contribution in [0.15, 0.2) is 0 Å². The summed E-state index contributed by atoms with van der Waals surface area (Å²) < 4.78 is 30.6. The lowest BCUT2D eigenvalue weighted by molar-refractivity contribution is -0.289. The predicted molar refractivity (Wildman–Crippen MR) is 221 cm³/mol. The Labute approximate surface area is 374 Å². The lowest BCUT2D eigenvalue weighted by atomic mass is 9.37. The molecule has 7 saturated carbocycles. The third-order valence-electron chi connectivity index (χ3n) is 19.0. The molecule has 8 aliphatic rings. The first-order valence-electron chi connectivity index (χ1n) is 23.3. The van der Waals surface area contributed by atoms with Crippen LogP contribution < -0.4 is 0 Å². The number of Topliss-reactive ketones (excluding diaryl/α,β-unsaturated/α-hetero) is 2. The van der Waals surface area contributed by atoms with E-state index in [2.05, 4.69) is 0 Å². The summed E-state index contributed by atoms with van der Waals surface area (Å²) >= 11 is 0. The van der Waals surface area contributed by atoms with Gasteiger partial charge in [-0.3, -0.25) is 33.6 Å². The molecule has 8 rings (SSSR count). The molecule has 1 heterocycles. The molecule has 4 N–H and O–H groups in total. The van der Waals surface area contributed by atoms with Crippen molar-refractivity contribution in [3.05, 3.63) is 0 Å². The fraction of sp³-hybridized carbons (Fsp3) is 0.854. The van der Waals surface area contributed by atoms with Crippen molar-refractivity contribution in [2.45, 2.75) is 188 Å². The van der Waals surface area contributed by atoms with E-state index in [4.69, 9.17) is 23.7 Å². The molecule has 4 bridgehead atoms. The Morgan fingerprint density at radius 3 is 1.47 bits per heavy atom. The standard InChI is InChI=1S/C48H68O16/c1-21(49)60-30-13-25-17-47(20-29(55)37-43(7,8)35(63-24(4)52)16-33(57)45(37,10)39(30)47)41(59)64-48(12-11-27(25)53)26-14-31(61-22(2)50)38-44(9)32(56)15-34(62-23(3)51)42(5,6)36(44)28(54)19-46(38,18-26)40(48)58/h25-26,28-39,54-57H,11-20H2,1-10H3. The maximum Gasteiger partial charge on any atom is 0.313 e. The Hall–Kier alpha value is -3.47. The molecule has 0 aromatic rings. The van der Waals surface area contributed by atoms with E-state index in [-0.39, 0.29) is 70.0 Å². The number of ether oxygens (including phenoxy) is 5. The molecule has 1 saturated heterocycles. The molecule has 0 radical (unpaired) electrons. The zero-order valence-corrected chi connectivity index (χ0v) is 38.8. The van der Waals surface area contributed by atoms with Gasteiger partial charge in [0.2, 0.25) is 0 Å². The maximum absolute atomic E-state index is 16.1. The van der Waals surface area contributed by atoms with Gasteiger partial charge in [0.05, 0.1) is 29.8 Å². The van der Waals surface area contributed by atoms with Crippen LogP contribution in [-0.4, -0.2) is 116 Å². The van der Waals surface area contributed by atoms with E-state index in [1.165, 1.54) is 27.7 Å². The Kier molecular flexibility index (Phi) is 11.0. The molecule has 19 atom stereocenters. The van der Waals surface area contributed by atoms with Gasteiger partial charge in [0.15, 0.2) is 11.4 Å². The third kappa shape index (κ3) is 6.29. The first-order valence-corrected chi connectivity index (χ1v) is 23.3. The largest absolute Gasteiger partial charge is 0.462 e. The van der Waals surface area contributed by atoms with E-state index in [1.807, 2.05) is 27.7 Å². The summed E-state index contributed by atoms with van der Waals surface area (Å²) in [7, 11) is 0. The lowest BCUT2D eigenvalue weighted by Gasteiger charge is -2.68. The number of carbonyl (C=O) groups is 7. The van der Waals surface area contributed by atoms with Gasteiger partial charge in [-0.1, -0.05) is 41.5 Å². The Morgan fingerprint density at radius 1 is 0.562 bits per heavy atom. The quantitative estimate of drug-likeness (QED) is 0.234.